The third-order valence-corrected chi connectivity index (χ3v) is 4.44. The number of carbonyl (C=O) groups excluding carboxylic acids is 1. The molecule has 1 unspecified atom stereocenters. The average Bonchev–Trinajstić information content (AvgIpc) is 2.61. The molecule has 2 aromatic carbocycles. The zero-order valence-corrected chi connectivity index (χ0v) is 14.6. The van der Waals surface area contributed by atoms with Gasteiger partial charge in [-0.3, -0.25) is 4.79 Å². The van der Waals surface area contributed by atoms with E-state index in [1.807, 2.05) is 30.5 Å². The van der Waals surface area contributed by atoms with E-state index < -0.39 is 11.7 Å². The summed E-state index contributed by atoms with van der Waals surface area (Å²) < 4.78 is 10.8. The number of thioether (sulfide) groups is 1. The lowest BCUT2D eigenvalue weighted by molar-refractivity contribution is -0.122. The topological polar surface area (TPSA) is 68.5 Å². The maximum absolute atomic E-state index is 12.4. The number of para-hydroxylation sites is 1. The van der Waals surface area contributed by atoms with Gasteiger partial charge in [-0.2, -0.15) is 0 Å². The fourth-order valence-electron chi connectivity index (χ4n) is 2.35. The SMILES string of the molecule is CSc1ccccc1NC(=O)C(C)Oc1ccc2ccc(=O)oc2c1. The number of carbonyl (C=O) groups is 1. The maximum Gasteiger partial charge on any atom is 0.336 e. The summed E-state index contributed by atoms with van der Waals surface area (Å²) in [6.07, 6.45) is 1.25. The minimum absolute atomic E-state index is 0.254. The molecule has 25 heavy (non-hydrogen) atoms. The molecule has 1 aromatic heterocycles. The van der Waals surface area contributed by atoms with Gasteiger partial charge in [-0.25, -0.2) is 4.79 Å². The first kappa shape index (κ1) is 17.1. The van der Waals surface area contributed by atoms with E-state index in [4.69, 9.17) is 9.15 Å². The van der Waals surface area contributed by atoms with Crippen molar-refractivity contribution in [3.8, 4) is 5.75 Å². The summed E-state index contributed by atoms with van der Waals surface area (Å²) in [5.41, 5.74) is 0.745. The van der Waals surface area contributed by atoms with Crippen LogP contribution in [0.1, 0.15) is 6.92 Å². The van der Waals surface area contributed by atoms with Gasteiger partial charge in [0.05, 0.1) is 5.69 Å². The quantitative estimate of drug-likeness (QED) is 0.555. The third kappa shape index (κ3) is 4.03. The molecule has 0 radical (unpaired) electrons. The molecule has 1 atom stereocenters. The van der Waals surface area contributed by atoms with Gasteiger partial charge in [0, 0.05) is 22.4 Å². The van der Waals surface area contributed by atoms with Crippen LogP contribution in [0.5, 0.6) is 5.75 Å². The van der Waals surface area contributed by atoms with E-state index in [1.54, 1.807) is 43.0 Å². The Morgan fingerprint density at radius 1 is 1.16 bits per heavy atom. The Morgan fingerprint density at radius 3 is 2.72 bits per heavy atom. The molecule has 0 fully saturated rings. The zero-order chi connectivity index (χ0) is 17.8. The molecular weight excluding hydrogens is 338 g/mol. The lowest BCUT2D eigenvalue weighted by Crippen LogP contribution is -2.30. The predicted molar refractivity (Wildman–Crippen MR) is 99.4 cm³/mol. The number of fused-ring (bicyclic) bond motifs is 1. The molecular formula is C19H17NO4S. The summed E-state index contributed by atoms with van der Waals surface area (Å²) in [6, 6.07) is 15.7. The van der Waals surface area contributed by atoms with Crippen LogP contribution in [-0.2, 0) is 4.79 Å². The van der Waals surface area contributed by atoms with E-state index in [0.29, 0.717) is 11.3 Å². The smallest absolute Gasteiger partial charge is 0.336 e. The second-order valence-corrected chi connectivity index (χ2v) is 6.25. The van der Waals surface area contributed by atoms with Gasteiger partial charge in [0.2, 0.25) is 0 Å². The predicted octanol–water partition coefficient (Wildman–Crippen LogP) is 3.92. The number of nitrogens with one attached hydrogen (secondary N) is 1. The van der Waals surface area contributed by atoms with Crippen LogP contribution in [0.25, 0.3) is 11.0 Å². The van der Waals surface area contributed by atoms with Crippen molar-refractivity contribution in [2.24, 2.45) is 0 Å². The Balaban J connectivity index is 1.74. The van der Waals surface area contributed by atoms with Gasteiger partial charge in [-0.1, -0.05) is 12.1 Å². The van der Waals surface area contributed by atoms with Crippen LogP contribution < -0.4 is 15.7 Å². The average molecular weight is 355 g/mol. The Labute approximate surface area is 149 Å². The van der Waals surface area contributed by atoms with Crippen molar-refractivity contribution < 1.29 is 13.9 Å². The fraction of sp³-hybridized carbons (Fsp3) is 0.158. The summed E-state index contributed by atoms with van der Waals surface area (Å²) in [6.45, 7) is 1.67. The minimum Gasteiger partial charge on any atom is -0.481 e. The lowest BCUT2D eigenvalue weighted by Gasteiger charge is -2.16. The molecule has 5 nitrogen and oxygen atoms in total. The highest BCUT2D eigenvalue weighted by atomic mass is 32.2. The Bertz CT molecular complexity index is 967. The summed E-state index contributed by atoms with van der Waals surface area (Å²) in [5, 5.41) is 3.66. The number of rotatable bonds is 5. The number of benzene rings is 2. The summed E-state index contributed by atoms with van der Waals surface area (Å²) in [5.74, 6) is 0.207. The van der Waals surface area contributed by atoms with E-state index in [2.05, 4.69) is 5.32 Å². The van der Waals surface area contributed by atoms with Crippen LogP contribution >= 0.6 is 11.8 Å². The molecule has 0 saturated carbocycles. The van der Waals surface area contributed by atoms with Crippen LogP contribution in [-0.4, -0.2) is 18.3 Å². The first-order valence-corrected chi connectivity index (χ1v) is 8.94. The standard InChI is InChI=1S/C19H17NO4S/c1-12(19(22)20-15-5-3-4-6-17(15)25-2)23-14-9-7-13-8-10-18(21)24-16(13)11-14/h3-12H,1-2H3,(H,20,22). The number of ether oxygens (including phenoxy) is 1. The summed E-state index contributed by atoms with van der Waals surface area (Å²) >= 11 is 1.56. The molecule has 1 amide bonds. The Morgan fingerprint density at radius 2 is 1.92 bits per heavy atom. The largest absolute Gasteiger partial charge is 0.481 e. The number of amides is 1. The molecule has 0 saturated heterocycles. The normalized spacial score (nSPS) is 11.9. The van der Waals surface area contributed by atoms with Crippen LogP contribution in [0.2, 0.25) is 0 Å². The van der Waals surface area contributed by atoms with Gasteiger partial charge >= 0.3 is 5.63 Å². The maximum atomic E-state index is 12.4. The van der Waals surface area contributed by atoms with Gasteiger partial charge in [-0.05, 0) is 43.5 Å². The van der Waals surface area contributed by atoms with Crippen molar-refractivity contribution in [3.63, 3.8) is 0 Å². The van der Waals surface area contributed by atoms with E-state index in [1.165, 1.54) is 6.07 Å². The van der Waals surface area contributed by atoms with Gasteiger partial charge in [-0.15, -0.1) is 11.8 Å². The molecule has 1 heterocycles. The first-order valence-electron chi connectivity index (χ1n) is 7.71. The highest BCUT2D eigenvalue weighted by Crippen LogP contribution is 2.25. The highest BCUT2D eigenvalue weighted by molar-refractivity contribution is 7.98. The molecule has 1 N–H and O–H groups in total. The van der Waals surface area contributed by atoms with Crippen LogP contribution in [0.3, 0.4) is 0 Å². The molecule has 0 spiro atoms. The van der Waals surface area contributed by atoms with Gasteiger partial charge in [0.25, 0.3) is 5.91 Å². The monoisotopic (exact) mass is 355 g/mol. The molecule has 128 valence electrons. The summed E-state index contributed by atoms with van der Waals surface area (Å²) in [7, 11) is 0. The summed E-state index contributed by atoms with van der Waals surface area (Å²) in [4.78, 5) is 24.7. The second-order valence-electron chi connectivity index (χ2n) is 5.40. The van der Waals surface area contributed by atoms with E-state index in [0.717, 1.165) is 16.0 Å². The molecule has 3 rings (SSSR count). The zero-order valence-electron chi connectivity index (χ0n) is 13.8. The minimum atomic E-state index is -0.706. The van der Waals surface area contributed by atoms with Crippen molar-refractivity contribution >= 4 is 34.3 Å². The fourth-order valence-corrected chi connectivity index (χ4v) is 2.91. The number of hydrogen-bond donors (Lipinski definition) is 1. The molecule has 0 aliphatic heterocycles. The van der Waals surface area contributed by atoms with Gasteiger partial charge < -0.3 is 14.5 Å². The third-order valence-electron chi connectivity index (χ3n) is 3.64. The van der Waals surface area contributed by atoms with Crippen molar-refractivity contribution in [3.05, 3.63) is 65.0 Å². The highest BCUT2D eigenvalue weighted by Gasteiger charge is 2.16. The van der Waals surface area contributed by atoms with Crippen LogP contribution in [0.15, 0.2) is 68.7 Å². The van der Waals surface area contributed by atoms with Gasteiger partial charge in [0.1, 0.15) is 11.3 Å². The van der Waals surface area contributed by atoms with E-state index in [9.17, 15) is 9.59 Å². The molecule has 0 bridgehead atoms. The molecule has 0 aliphatic rings. The molecule has 3 aromatic rings. The van der Waals surface area contributed by atoms with Crippen LogP contribution in [0.4, 0.5) is 5.69 Å². The molecule has 0 aliphatic carbocycles. The van der Waals surface area contributed by atoms with Gasteiger partial charge in [0.15, 0.2) is 6.10 Å². The van der Waals surface area contributed by atoms with Crippen LogP contribution in [0, 0.1) is 0 Å². The van der Waals surface area contributed by atoms with Crippen molar-refractivity contribution in [2.45, 2.75) is 17.9 Å². The molecule has 6 heteroatoms. The Kier molecular flexibility index (Phi) is 5.09. The van der Waals surface area contributed by atoms with Crippen molar-refractivity contribution in [2.75, 3.05) is 11.6 Å². The number of anilines is 1. The van der Waals surface area contributed by atoms with Crippen molar-refractivity contribution in [1.29, 1.82) is 0 Å². The number of hydrogen-bond acceptors (Lipinski definition) is 5. The first-order chi connectivity index (χ1) is 12.1. The van der Waals surface area contributed by atoms with Crippen molar-refractivity contribution in [1.82, 2.24) is 0 Å². The second kappa shape index (κ2) is 7.44. The lowest BCUT2D eigenvalue weighted by atomic mass is 10.2. The Hall–Kier alpha value is -2.73. The van der Waals surface area contributed by atoms with E-state index >= 15 is 0 Å². The van der Waals surface area contributed by atoms with E-state index in [-0.39, 0.29) is 5.91 Å².